The van der Waals surface area contributed by atoms with E-state index < -0.39 is 11.5 Å². The number of amides is 1. The van der Waals surface area contributed by atoms with Crippen molar-refractivity contribution in [2.75, 3.05) is 12.4 Å². The van der Waals surface area contributed by atoms with Crippen molar-refractivity contribution in [3.8, 4) is 11.5 Å². The number of anilines is 1. The van der Waals surface area contributed by atoms with E-state index in [4.69, 9.17) is 4.74 Å². The summed E-state index contributed by atoms with van der Waals surface area (Å²) in [4.78, 5) is 29.7. The van der Waals surface area contributed by atoms with Crippen LogP contribution in [0.5, 0.6) is 11.5 Å². The van der Waals surface area contributed by atoms with Crippen molar-refractivity contribution in [1.82, 2.24) is 4.98 Å². The number of methoxy groups -OCH3 is 1. The van der Waals surface area contributed by atoms with Crippen LogP contribution in [0.4, 0.5) is 5.69 Å². The number of pyridine rings is 1. The van der Waals surface area contributed by atoms with Gasteiger partial charge in [0.1, 0.15) is 21.9 Å². The van der Waals surface area contributed by atoms with Crippen LogP contribution in [-0.2, 0) is 12.8 Å². The van der Waals surface area contributed by atoms with E-state index in [0.29, 0.717) is 27.6 Å². The van der Waals surface area contributed by atoms with Gasteiger partial charge in [-0.25, -0.2) is 0 Å². The van der Waals surface area contributed by atoms with E-state index in [-0.39, 0.29) is 11.3 Å². The van der Waals surface area contributed by atoms with Crippen LogP contribution in [0.3, 0.4) is 0 Å². The number of aryl methyl sites for hydroxylation is 1. The number of H-pyrrole nitrogens is 1. The molecule has 0 aliphatic heterocycles. The highest BCUT2D eigenvalue weighted by Gasteiger charge is 2.27. The monoisotopic (exact) mass is 384 g/mol. The zero-order chi connectivity index (χ0) is 19.1. The molecule has 0 fully saturated rings. The van der Waals surface area contributed by atoms with E-state index >= 15 is 0 Å². The smallest absolute Gasteiger partial charge is 0.265 e. The first kappa shape index (κ1) is 17.6. The molecular formula is C20H20N2O4S. The Balaban J connectivity index is 1.74. The highest BCUT2D eigenvalue weighted by Crippen LogP contribution is 2.41. The lowest BCUT2D eigenvalue weighted by molar-refractivity contribution is 0.102. The Labute approximate surface area is 159 Å². The summed E-state index contributed by atoms with van der Waals surface area (Å²) < 4.78 is 5.09. The molecule has 1 aliphatic rings. The molecular weight excluding hydrogens is 364 g/mol. The van der Waals surface area contributed by atoms with Gasteiger partial charge in [-0.3, -0.25) is 9.59 Å². The molecule has 0 saturated heterocycles. The summed E-state index contributed by atoms with van der Waals surface area (Å²) in [5, 5.41) is 14.1. The predicted molar refractivity (Wildman–Crippen MR) is 106 cm³/mol. The van der Waals surface area contributed by atoms with Crippen molar-refractivity contribution >= 4 is 33.1 Å². The highest BCUT2D eigenvalue weighted by atomic mass is 32.1. The number of thiophene rings is 1. The van der Waals surface area contributed by atoms with Gasteiger partial charge < -0.3 is 20.1 Å². The summed E-state index contributed by atoms with van der Waals surface area (Å²) in [7, 11) is 1.56. The molecule has 3 N–H and O–H groups in total. The Morgan fingerprint density at radius 1 is 1.33 bits per heavy atom. The number of benzene rings is 1. The van der Waals surface area contributed by atoms with E-state index in [2.05, 4.69) is 17.2 Å². The fourth-order valence-corrected chi connectivity index (χ4v) is 4.97. The highest BCUT2D eigenvalue weighted by molar-refractivity contribution is 7.18. The largest absolute Gasteiger partial charge is 0.506 e. The van der Waals surface area contributed by atoms with Crippen molar-refractivity contribution in [3.63, 3.8) is 0 Å². The molecule has 3 aromatic rings. The van der Waals surface area contributed by atoms with E-state index in [0.717, 1.165) is 24.8 Å². The number of carbonyl (C=O) groups is 1. The molecule has 2 heterocycles. The maximum absolute atomic E-state index is 12.7. The van der Waals surface area contributed by atoms with Gasteiger partial charge in [0, 0.05) is 10.6 Å². The van der Waals surface area contributed by atoms with Crippen molar-refractivity contribution in [2.45, 2.75) is 26.2 Å². The van der Waals surface area contributed by atoms with Crippen molar-refractivity contribution in [1.29, 1.82) is 0 Å². The average Bonchev–Trinajstić information content (AvgIpc) is 2.99. The topological polar surface area (TPSA) is 91.4 Å². The predicted octanol–water partition coefficient (Wildman–Crippen LogP) is 3.68. The summed E-state index contributed by atoms with van der Waals surface area (Å²) in [6, 6.07) is 6.77. The van der Waals surface area contributed by atoms with Gasteiger partial charge in [-0.15, -0.1) is 11.3 Å². The average molecular weight is 384 g/mol. The third-order valence-corrected chi connectivity index (χ3v) is 6.18. The van der Waals surface area contributed by atoms with E-state index in [1.807, 2.05) is 0 Å². The first-order chi connectivity index (χ1) is 13.0. The third-order valence-electron chi connectivity index (χ3n) is 5.01. The number of hydrogen-bond donors (Lipinski definition) is 3. The van der Waals surface area contributed by atoms with E-state index in [9.17, 15) is 14.7 Å². The van der Waals surface area contributed by atoms with E-state index in [1.165, 1.54) is 16.2 Å². The number of rotatable bonds is 3. The Hall–Kier alpha value is -2.80. The number of aromatic hydroxyl groups is 1. The van der Waals surface area contributed by atoms with Crippen LogP contribution in [0.25, 0.3) is 10.2 Å². The molecule has 1 amide bonds. The van der Waals surface area contributed by atoms with Crippen molar-refractivity contribution < 1.29 is 14.6 Å². The van der Waals surface area contributed by atoms with Crippen LogP contribution < -0.4 is 15.6 Å². The summed E-state index contributed by atoms with van der Waals surface area (Å²) in [5.41, 5.74) is 0.733. The van der Waals surface area contributed by atoms with E-state index in [1.54, 1.807) is 31.4 Å². The van der Waals surface area contributed by atoms with Crippen LogP contribution in [0.15, 0.2) is 29.1 Å². The van der Waals surface area contributed by atoms with Gasteiger partial charge >= 0.3 is 0 Å². The van der Waals surface area contributed by atoms with Gasteiger partial charge in [0.2, 0.25) is 0 Å². The molecule has 1 unspecified atom stereocenters. The molecule has 1 aliphatic carbocycles. The second kappa shape index (κ2) is 6.74. The molecule has 7 heteroatoms. The molecule has 27 heavy (non-hydrogen) atoms. The normalized spacial score (nSPS) is 16.1. The number of carbonyl (C=O) groups excluding carboxylic acids is 1. The first-order valence-electron chi connectivity index (χ1n) is 8.82. The SMILES string of the molecule is COc1ccc(NC(=O)c2c(O)c3c4c(sc3[nH]c2=O)CC(C)CC4)cc1. The van der Waals surface area contributed by atoms with Gasteiger partial charge in [-0.05, 0) is 55.0 Å². The maximum atomic E-state index is 12.7. The Kier molecular flexibility index (Phi) is 4.39. The molecule has 4 rings (SSSR count). The van der Waals surface area contributed by atoms with Crippen LogP contribution >= 0.6 is 11.3 Å². The standard InChI is InChI=1S/C20H20N2O4S/c1-10-3-8-13-14(9-10)27-20-15(13)17(23)16(19(25)22-20)18(24)21-11-4-6-12(26-2)7-5-11/h4-7,10H,3,8-9H2,1-2H3,(H,21,24)(H2,22,23,25). The minimum atomic E-state index is -0.634. The second-order valence-electron chi connectivity index (χ2n) is 6.92. The molecule has 1 aromatic carbocycles. The summed E-state index contributed by atoms with van der Waals surface area (Å²) >= 11 is 1.50. The Morgan fingerprint density at radius 3 is 2.78 bits per heavy atom. The first-order valence-corrected chi connectivity index (χ1v) is 9.64. The quantitative estimate of drug-likeness (QED) is 0.642. The number of aromatic amines is 1. The molecule has 6 nitrogen and oxygen atoms in total. The second-order valence-corrected chi connectivity index (χ2v) is 8.02. The maximum Gasteiger partial charge on any atom is 0.265 e. The number of aromatic nitrogens is 1. The van der Waals surface area contributed by atoms with Crippen LogP contribution in [0.2, 0.25) is 0 Å². The third kappa shape index (κ3) is 3.08. The van der Waals surface area contributed by atoms with Gasteiger partial charge in [0.05, 0.1) is 12.5 Å². The number of ether oxygens (including phenoxy) is 1. The molecule has 0 saturated carbocycles. The molecule has 2 aromatic heterocycles. The van der Waals surface area contributed by atoms with Crippen LogP contribution in [0, 0.1) is 5.92 Å². The molecule has 0 radical (unpaired) electrons. The fraction of sp³-hybridized carbons (Fsp3) is 0.300. The fourth-order valence-electron chi connectivity index (χ4n) is 3.57. The molecule has 0 spiro atoms. The molecule has 1 atom stereocenters. The van der Waals surface area contributed by atoms with Gasteiger partial charge in [0.25, 0.3) is 11.5 Å². The molecule has 0 bridgehead atoms. The van der Waals surface area contributed by atoms with Gasteiger partial charge in [0.15, 0.2) is 0 Å². The lowest BCUT2D eigenvalue weighted by atomic mass is 9.89. The summed E-state index contributed by atoms with van der Waals surface area (Å²) in [6.07, 6.45) is 2.81. The lowest BCUT2D eigenvalue weighted by Crippen LogP contribution is -2.23. The van der Waals surface area contributed by atoms with Crippen molar-refractivity contribution in [2.24, 2.45) is 5.92 Å². The van der Waals surface area contributed by atoms with Crippen LogP contribution in [-0.4, -0.2) is 23.1 Å². The van der Waals surface area contributed by atoms with Crippen LogP contribution in [0.1, 0.15) is 34.1 Å². The van der Waals surface area contributed by atoms with Gasteiger partial charge in [-0.1, -0.05) is 6.92 Å². The zero-order valence-electron chi connectivity index (χ0n) is 15.1. The lowest BCUT2D eigenvalue weighted by Gasteiger charge is -2.18. The summed E-state index contributed by atoms with van der Waals surface area (Å²) in [6.45, 7) is 2.20. The molecule has 140 valence electrons. The minimum Gasteiger partial charge on any atom is -0.506 e. The summed E-state index contributed by atoms with van der Waals surface area (Å²) in [5.74, 6) is 0.378. The number of fused-ring (bicyclic) bond motifs is 3. The Bertz CT molecular complexity index is 1080. The number of hydrogen-bond acceptors (Lipinski definition) is 5. The Morgan fingerprint density at radius 2 is 2.07 bits per heavy atom. The number of nitrogens with one attached hydrogen (secondary N) is 2. The minimum absolute atomic E-state index is 0.230. The van der Waals surface area contributed by atoms with Crippen molar-refractivity contribution in [3.05, 3.63) is 50.6 Å². The van der Waals surface area contributed by atoms with Gasteiger partial charge in [-0.2, -0.15) is 0 Å². The zero-order valence-corrected chi connectivity index (χ0v) is 15.9.